The van der Waals surface area contributed by atoms with Gasteiger partial charge in [-0.3, -0.25) is 18.6 Å². The van der Waals surface area contributed by atoms with Crippen molar-refractivity contribution in [1.29, 1.82) is 0 Å². The minimum Gasteiger partial charge on any atom is -0.480 e. The Bertz CT molecular complexity index is 665. The minimum absolute atomic E-state index is 0.251. The van der Waals surface area contributed by atoms with Crippen molar-refractivity contribution in [3.8, 4) is 0 Å². The van der Waals surface area contributed by atoms with Crippen molar-refractivity contribution in [2.75, 3.05) is 19.8 Å². The maximum absolute atomic E-state index is 11.8. The summed E-state index contributed by atoms with van der Waals surface area (Å²) in [4.78, 5) is 31.8. The van der Waals surface area contributed by atoms with E-state index in [9.17, 15) is 24.2 Å². The summed E-state index contributed by atoms with van der Waals surface area (Å²) >= 11 is 0. The summed E-state index contributed by atoms with van der Waals surface area (Å²) in [6.45, 7) is 0.533. The highest BCUT2D eigenvalue weighted by atomic mass is 31.2. The first-order valence-corrected chi connectivity index (χ1v) is 17.1. The molecule has 5 N–H and O–H groups in total. The number of carbonyl (C=O) groups excluding carboxylic acids is 1. The lowest BCUT2D eigenvalue weighted by Gasteiger charge is -2.16. The van der Waals surface area contributed by atoms with Crippen LogP contribution in [0.4, 0.5) is 0 Å². The molecule has 10 nitrogen and oxygen atoms in total. The molecule has 11 heteroatoms. The largest absolute Gasteiger partial charge is 0.480 e. The fourth-order valence-electron chi connectivity index (χ4n) is 4.30. The number of aliphatic carboxylic acids is 1. The number of carboxylic acids is 1. The second kappa shape index (κ2) is 26.8. The zero-order valence-corrected chi connectivity index (χ0v) is 25.8. The molecule has 0 fully saturated rings. The van der Waals surface area contributed by atoms with Gasteiger partial charge in [0.1, 0.15) is 18.8 Å². The molecule has 0 spiro atoms. The second-order valence-electron chi connectivity index (χ2n) is 10.8. The van der Waals surface area contributed by atoms with E-state index < -0.39 is 45.1 Å². The van der Waals surface area contributed by atoms with Crippen LogP contribution in [0, 0.1) is 0 Å². The predicted molar refractivity (Wildman–Crippen MR) is 157 cm³/mol. The van der Waals surface area contributed by atoms with Gasteiger partial charge in [0.25, 0.3) is 0 Å². The van der Waals surface area contributed by atoms with E-state index in [1.54, 1.807) is 0 Å². The molecule has 3 unspecified atom stereocenters. The Morgan fingerprint density at radius 2 is 1.05 bits per heavy atom. The van der Waals surface area contributed by atoms with Gasteiger partial charge in [-0.15, -0.1) is 0 Å². The maximum atomic E-state index is 11.8. The first kappa shape index (κ1) is 39.0. The Kier molecular flexibility index (Phi) is 26.2. The molecule has 40 heavy (non-hydrogen) atoms. The van der Waals surface area contributed by atoms with Crippen LogP contribution in [-0.2, 0) is 27.9 Å². The van der Waals surface area contributed by atoms with Crippen molar-refractivity contribution in [3.63, 3.8) is 0 Å². The molecule has 238 valence electrons. The highest BCUT2D eigenvalue weighted by Crippen LogP contribution is 2.43. The molecule has 0 bridgehead atoms. The van der Waals surface area contributed by atoms with Gasteiger partial charge in [-0.25, -0.2) is 4.57 Å². The molecular weight excluding hydrogens is 537 g/mol. The number of phosphoric acid groups is 1. The van der Waals surface area contributed by atoms with Crippen molar-refractivity contribution in [2.24, 2.45) is 5.73 Å². The molecule has 0 aliphatic heterocycles. The van der Waals surface area contributed by atoms with Gasteiger partial charge < -0.3 is 25.6 Å². The lowest BCUT2D eigenvalue weighted by molar-refractivity contribution is -0.147. The van der Waals surface area contributed by atoms with Gasteiger partial charge in [-0.1, -0.05) is 129 Å². The molecule has 0 heterocycles. The number of carbonyl (C=O) groups is 2. The van der Waals surface area contributed by atoms with E-state index in [1.807, 2.05) is 0 Å². The minimum atomic E-state index is -4.58. The molecule has 0 rings (SSSR count). The van der Waals surface area contributed by atoms with Crippen LogP contribution in [0.2, 0.25) is 0 Å². The lowest BCUT2D eigenvalue weighted by Crippen LogP contribution is -2.34. The van der Waals surface area contributed by atoms with Crippen molar-refractivity contribution >= 4 is 19.8 Å². The van der Waals surface area contributed by atoms with Crippen LogP contribution in [-0.4, -0.2) is 59.0 Å². The number of hydrogen-bond donors (Lipinski definition) is 4. The Morgan fingerprint density at radius 1 is 0.675 bits per heavy atom. The molecule has 0 aliphatic rings. The second-order valence-corrected chi connectivity index (χ2v) is 12.3. The third-order valence-electron chi connectivity index (χ3n) is 6.84. The average Bonchev–Trinajstić information content (AvgIpc) is 2.92. The number of rotatable bonds is 30. The van der Waals surface area contributed by atoms with E-state index in [0.29, 0.717) is 6.42 Å². The molecule has 0 radical (unpaired) electrons. The lowest BCUT2D eigenvalue weighted by atomic mass is 10.0. The highest BCUT2D eigenvalue weighted by Gasteiger charge is 2.26. The van der Waals surface area contributed by atoms with Gasteiger partial charge in [-0.2, -0.15) is 0 Å². The van der Waals surface area contributed by atoms with E-state index in [0.717, 1.165) is 12.8 Å². The summed E-state index contributed by atoms with van der Waals surface area (Å²) < 4.78 is 25.6. The SMILES string of the molecule is CCCCCCCCCCCCCCCCCCCCCCC(=O)OCC(O)COP(=O)(O)OCC(N)C(=O)O. The van der Waals surface area contributed by atoms with E-state index in [-0.39, 0.29) is 13.0 Å². The summed E-state index contributed by atoms with van der Waals surface area (Å²) in [5.41, 5.74) is 5.17. The quantitative estimate of drug-likeness (QED) is 0.0401. The first-order chi connectivity index (χ1) is 19.2. The van der Waals surface area contributed by atoms with Crippen LogP contribution in [0.1, 0.15) is 142 Å². The number of ether oxygens (including phenoxy) is 1. The normalized spacial score (nSPS) is 14.5. The summed E-state index contributed by atoms with van der Waals surface area (Å²) in [7, 11) is -4.58. The summed E-state index contributed by atoms with van der Waals surface area (Å²) in [5.74, 6) is -1.84. The summed E-state index contributed by atoms with van der Waals surface area (Å²) in [5, 5.41) is 18.4. The molecule has 0 aromatic rings. The number of aliphatic hydroxyl groups is 1. The highest BCUT2D eigenvalue weighted by molar-refractivity contribution is 7.47. The van der Waals surface area contributed by atoms with Crippen LogP contribution in [0.5, 0.6) is 0 Å². The molecule has 0 aromatic heterocycles. The number of unbranched alkanes of at least 4 members (excludes halogenated alkanes) is 19. The third kappa shape index (κ3) is 27.2. The molecule has 0 amide bonds. The fraction of sp³-hybridized carbons (Fsp3) is 0.931. The standard InChI is InChI=1S/C29H58NO9P/c1-2-3-4-5-6-7-8-9-10-11-12-13-14-15-16-17-18-19-20-21-22-28(32)37-23-26(31)24-38-40(35,36)39-25-27(30)29(33)34/h26-27,31H,2-25,30H2,1H3,(H,33,34)(H,35,36). The number of nitrogens with two attached hydrogens (primary N) is 1. The van der Waals surface area contributed by atoms with E-state index in [2.05, 4.69) is 16.0 Å². The predicted octanol–water partition coefficient (Wildman–Crippen LogP) is 6.65. The van der Waals surface area contributed by atoms with Crippen LogP contribution >= 0.6 is 7.82 Å². The molecule has 3 atom stereocenters. The average molecular weight is 596 g/mol. The van der Waals surface area contributed by atoms with Gasteiger partial charge in [-0.05, 0) is 6.42 Å². The zero-order valence-electron chi connectivity index (χ0n) is 24.9. The van der Waals surface area contributed by atoms with Gasteiger partial charge in [0.15, 0.2) is 0 Å². The van der Waals surface area contributed by atoms with Crippen molar-refractivity contribution in [1.82, 2.24) is 0 Å². The zero-order chi connectivity index (χ0) is 29.9. The fourth-order valence-corrected chi connectivity index (χ4v) is 5.08. The Labute approximate surface area is 242 Å². The van der Waals surface area contributed by atoms with E-state index >= 15 is 0 Å². The van der Waals surface area contributed by atoms with Gasteiger partial charge in [0.2, 0.25) is 0 Å². The number of aliphatic hydroxyl groups excluding tert-OH is 1. The molecule has 0 saturated heterocycles. The number of phosphoric ester groups is 1. The Hall–Kier alpha value is -1.03. The Balaban J connectivity index is 3.45. The number of hydrogen-bond acceptors (Lipinski definition) is 8. The van der Waals surface area contributed by atoms with Crippen molar-refractivity contribution < 1.29 is 43.0 Å². The van der Waals surface area contributed by atoms with Gasteiger partial charge >= 0.3 is 19.8 Å². The summed E-state index contributed by atoms with van der Waals surface area (Å²) in [6, 6.07) is -1.48. The molecule has 0 saturated carbocycles. The van der Waals surface area contributed by atoms with E-state index in [1.165, 1.54) is 109 Å². The van der Waals surface area contributed by atoms with Gasteiger partial charge in [0, 0.05) is 6.42 Å². The van der Waals surface area contributed by atoms with E-state index in [4.69, 9.17) is 15.6 Å². The number of esters is 1. The molecule has 0 aromatic carbocycles. The molecular formula is C29H58NO9P. The van der Waals surface area contributed by atoms with Crippen LogP contribution < -0.4 is 5.73 Å². The van der Waals surface area contributed by atoms with Crippen molar-refractivity contribution in [2.45, 2.75) is 154 Å². The smallest absolute Gasteiger partial charge is 0.472 e. The van der Waals surface area contributed by atoms with Crippen LogP contribution in [0.15, 0.2) is 0 Å². The first-order valence-electron chi connectivity index (χ1n) is 15.6. The van der Waals surface area contributed by atoms with Gasteiger partial charge in [0.05, 0.1) is 13.2 Å². The van der Waals surface area contributed by atoms with Crippen LogP contribution in [0.3, 0.4) is 0 Å². The monoisotopic (exact) mass is 595 g/mol. The third-order valence-corrected chi connectivity index (χ3v) is 7.79. The topological polar surface area (TPSA) is 166 Å². The van der Waals surface area contributed by atoms with Crippen molar-refractivity contribution in [3.05, 3.63) is 0 Å². The van der Waals surface area contributed by atoms with Crippen LogP contribution in [0.25, 0.3) is 0 Å². The Morgan fingerprint density at radius 3 is 1.45 bits per heavy atom. The number of carboxylic acid groups (broad SMARTS) is 1. The molecule has 0 aliphatic carbocycles. The maximum Gasteiger partial charge on any atom is 0.472 e. The summed E-state index contributed by atoms with van der Waals surface area (Å²) in [6.07, 6.45) is 24.7.